The Morgan fingerprint density at radius 1 is 1.14 bits per heavy atom. The molecule has 0 saturated heterocycles. The second-order valence-electron chi connectivity index (χ2n) is 4.51. The van der Waals surface area contributed by atoms with E-state index in [1.54, 1.807) is 12.1 Å². The monoisotopic (exact) mass is 332 g/mol. The van der Waals surface area contributed by atoms with E-state index in [9.17, 15) is 13.2 Å². The minimum absolute atomic E-state index is 0.305. The van der Waals surface area contributed by atoms with E-state index in [4.69, 9.17) is 11.6 Å². The third-order valence-electron chi connectivity index (χ3n) is 2.80. The van der Waals surface area contributed by atoms with E-state index < -0.39 is 11.7 Å². The highest BCUT2D eigenvalue weighted by Gasteiger charge is 2.30. The van der Waals surface area contributed by atoms with Crippen molar-refractivity contribution in [2.45, 2.75) is 23.7 Å². The third-order valence-corrected chi connectivity index (χ3v) is 3.13. The smallest absolute Gasteiger partial charge is 0.241 e. The third kappa shape index (κ3) is 4.89. The summed E-state index contributed by atoms with van der Waals surface area (Å²) in [5.74, 6) is 0. The summed E-state index contributed by atoms with van der Waals surface area (Å²) in [6, 6.07) is 6.94. The zero-order valence-corrected chi connectivity index (χ0v) is 12.5. The minimum Gasteiger partial charge on any atom is -0.241 e. The molecule has 7 heteroatoms. The van der Waals surface area contributed by atoms with E-state index in [2.05, 4.69) is 22.6 Å². The Kier molecular flexibility index (Phi) is 5.11. The van der Waals surface area contributed by atoms with Crippen molar-refractivity contribution in [2.24, 2.45) is 0 Å². The summed E-state index contributed by atoms with van der Waals surface area (Å²) in [6.07, 6.45) is -2.20. The van der Waals surface area contributed by atoms with E-state index in [1.165, 1.54) is 12.4 Å². The molecule has 1 atom stereocenters. The van der Waals surface area contributed by atoms with Gasteiger partial charge in [-0.05, 0) is 17.7 Å². The van der Waals surface area contributed by atoms with Crippen LogP contribution in [-0.4, -0.2) is 14.7 Å². The average Bonchev–Trinajstić information content (AvgIpc) is 2.37. The molecule has 0 aliphatic carbocycles. The van der Waals surface area contributed by atoms with Gasteiger partial charge in [0.05, 0.1) is 10.3 Å². The molecule has 1 unspecified atom stereocenters. The summed E-state index contributed by atoms with van der Waals surface area (Å²) in [4.78, 5) is 8.13. The molecule has 0 saturated carbocycles. The first-order chi connectivity index (χ1) is 9.84. The van der Waals surface area contributed by atoms with Crippen LogP contribution in [0.3, 0.4) is 0 Å². The largest absolute Gasteiger partial charge is 0.416 e. The second-order valence-corrected chi connectivity index (χ2v) is 5.97. The molecule has 112 valence electrons. The Morgan fingerprint density at radius 3 is 2.52 bits per heavy atom. The summed E-state index contributed by atoms with van der Waals surface area (Å²) >= 11 is 9.84. The van der Waals surface area contributed by atoms with Gasteiger partial charge in [-0.15, -0.1) is 11.6 Å². The fraction of sp³-hybridized carbons (Fsp3) is 0.286. The Bertz CT molecular complexity index is 617. The number of nitrogens with zero attached hydrogens (tertiary/aromatic N) is 2. The van der Waals surface area contributed by atoms with Crippen molar-refractivity contribution in [3.8, 4) is 0 Å². The van der Waals surface area contributed by atoms with Crippen LogP contribution in [0.15, 0.2) is 36.7 Å². The summed E-state index contributed by atoms with van der Waals surface area (Å²) < 4.78 is 37.6. The van der Waals surface area contributed by atoms with Gasteiger partial charge in [0.2, 0.25) is 0 Å². The lowest BCUT2D eigenvalue weighted by molar-refractivity contribution is -0.137. The lowest BCUT2D eigenvalue weighted by atomic mass is 10.1. The zero-order chi connectivity index (χ0) is 15.5. The number of hydrogen-bond donors (Lipinski definition) is 1. The van der Waals surface area contributed by atoms with Gasteiger partial charge in [0.1, 0.15) is 6.33 Å². The van der Waals surface area contributed by atoms with E-state index in [-0.39, 0.29) is 4.71 Å². The molecule has 0 spiro atoms. The standard InChI is InChI=1S/C14H12ClF3N2S/c15-13(21)7-12-6-11(19-8-20-12)5-9-2-1-3-10(4-9)14(16,17)18/h1-4,6,8,13,21H,5,7H2. The number of halogens is 4. The fourth-order valence-corrected chi connectivity index (χ4v) is 2.24. The molecule has 1 aromatic carbocycles. The second kappa shape index (κ2) is 6.66. The summed E-state index contributed by atoms with van der Waals surface area (Å²) in [6.45, 7) is 0. The van der Waals surface area contributed by atoms with Crippen molar-refractivity contribution in [3.05, 3.63) is 59.2 Å². The van der Waals surface area contributed by atoms with Crippen molar-refractivity contribution in [1.29, 1.82) is 0 Å². The van der Waals surface area contributed by atoms with Gasteiger partial charge >= 0.3 is 6.18 Å². The van der Waals surface area contributed by atoms with Crippen molar-refractivity contribution < 1.29 is 13.2 Å². The molecule has 0 amide bonds. The molecule has 0 fully saturated rings. The van der Waals surface area contributed by atoms with Crippen molar-refractivity contribution in [1.82, 2.24) is 9.97 Å². The number of rotatable bonds is 4. The number of alkyl halides is 4. The summed E-state index contributed by atoms with van der Waals surface area (Å²) in [5, 5.41) is 0. The van der Waals surface area contributed by atoms with Crippen molar-refractivity contribution in [3.63, 3.8) is 0 Å². The number of hydrogen-bond acceptors (Lipinski definition) is 3. The highest BCUT2D eigenvalue weighted by atomic mass is 35.5. The molecule has 1 aromatic heterocycles. The predicted octanol–water partition coefficient (Wildman–Crippen LogP) is 4.12. The molecular formula is C14H12ClF3N2S. The Morgan fingerprint density at radius 2 is 1.86 bits per heavy atom. The van der Waals surface area contributed by atoms with Crippen LogP contribution in [0.5, 0.6) is 0 Å². The predicted molar refractivity (Wildman–Crippen MR) is 78.6 cm³/mol. The Hall–Kier alpha value is -1.27. The van der Waals surface area contributed by atoms with Crippen LogP contribution in [0.1, 0.15) is 22.5 Å². The molecule has 21 heavy (non-hydrogen) atoms. The first kappa shape index (κ1) is 16.1. The van der Waals surface area contributed by atoms with Crippen molar-refractivity contribution in [2.75, 3.05) is 0 Å². The molecular weight excluding hydrogens is 321 g/mol. The van der Waals surface area contributed by atoms with Gasteiger partial charge < -0.3 is 0 Å². The van der Waals surface area contributed by atoms with E-state index in [1.807, 2.05) is 0 Å². The van der Waals surface area contributed by atoms with Gasteiger partial charge in [0, 0.05) is 24.2 Å². The van der Waals surface area contributed by atoms with Crippen LogP contribution in [0, 0.1) is 0 Å². The molecule has 0 aliphatic heterocycles. The minimum atomic E-state index is -4.34. The average molecular weight is 333 g/mol. The van der Waals surface area contributed by atoms with Crippen LogP contribution in [0.2, 0.25) is 0 Å². The van der Waals surface area contributed by atoms with Crippen LogP contribution in [0.25, 0.3) is 0 Å². The molecule has 0 aliphatic rings. The molecule has 0 radical (unpaired) electrons. The normalized spacial score (nSPS) is 13.2. The van der Waals surface area contributed by atoms with E-state index in [0.29, 0.717) is 29.8 Å². The van der Waals surface area contributed by atoms with Gasteiger partial charge in [-0.25, -0.2) is 9.97 Å². The molecule has 2 nitrogen and oxygen atoms in total. The summed E-state index contributed by atoms with van der Waals surface area (Å²) in [7, 11) is 0. The highest BCUT2D eigenvalue weighted by molar-refractivity contribution is 7.82. The zero-order valence-electron chi connectivity index (χ0n) is 10.8. The van der Waals surface area contributed by atoms with Crippen molar-refractivity contribution >= 4 is 24.2 Å². The fourth-order valence-electron chi connectivity index (χ4n) is 1.89. The van der Waals surface area contributed by atoms with Gasteiger partial charge in [-0.3, -0.25) is 0 Å². The topological polar surface area (TPSA) is 25.8 Å². The lowest BCUT2D eigenvalue weighted by Gasteiger charge is -2.09. The van der Waals surface area contributed by atoms with Gasteiger partial charge in [0.25, 0.3) is 0 Å². The maximum atomic E-state index is 12.7. The first-order valence-electron chi connectivity index (χ1n) is 6.12. The molecule has 0 bridgehead atoms. The van der Waals surface area contributed by atoms with Crippen LogP contribution < -0.4 is 0 Å². The lowest BCUT2D eigenvalue weighted by Crippen LogP contribution is -2.06. The molecule has 0 N–H and O–H groups in total. The number of thiol groups is 1. The van der Waals surface area contributed by atoms with Gasteiger partial charge in [-0.1, -0.05) is 18.2 Å². The Labute approximate surface area is 130 Å². The number of benzene rings is 1. The maximum Gasteiger partial charge on any atom is 0.416 e. The van der Waals surface area contributed by atoms with Crippen LogP contribution in [-0.2, 0) is 19.0 Å². The molecule has 1 heterocycles. The molecule has 2 rings (SSSR count). The SMILES string of the molecule is FC(F)(F)c1cccc(Cc2cc(CC(S)Cl)ncn2)c1. The van der Waals surface area contributed by atoms with Crippen LogP contribution in [0.4, 0.5) is 13.2 Å². The first-order valence-corrected chi connectivity index (χ1v) is 7.08. The highest BCUT2D eigenvalue weighted by Crippen LogP contribution is 2.29. The quantitative estimate of drug-likeness (QED) is 0.673. The van der Waals surface area contributed by atoms with Gasteiger partial charge in [-0.2, -0.15) is 25.8 Å². The van der Waals surface area contributed by atoms with Crippen LogP contribution >= 0.6 is 24.2 Å². The van der Waals surface area contributed by atoms with E-state index in [0.717, 1.165) is 12.1 Å². The van der Waals surface area contributed by atoms with E-state index >= 15 is 0 Å². The molecule has 2 aromatic rings. The maximum absolute atomic E-state index is 12.7. The summed E-state index contributed by atoms with van der Waals surface area (Å²) in [5.41, 5.74) is 1.24. The number of aromatic nitrogens is 2. The van der Waals surface area contributed by atoms with Gasteiger partial charge in [0.15, 0.2) is 0 Å². The Balaban J connectivity index is 2.18.